The summed E-state index contributed by atoms with van der Waals surface area (Å²) in [6, 6.07) is 15.1. The summed E-state index contributed by atoms with van der Waals surface area (Å²) in [4.78, 5) is 37.4. The number of hydrogen-bond donors (Lipinski definition) is 2. The van der Waals surface area contributed by atoms with Gasteiger partial charge >= 0.3 is 12.1 Å². The number of nitrogens with zero attached hydrogens (tertiary/aromatic N) is 1. The highest BCUT2D eigenvalue weighted by molar-refractivity contribution is 5.88. The smallest absolute Gasteiger partial charge is 0.407 e. The number of alkyl carbamates (subject to hydrolysis) is 1. The first-order chi connectivity index (χ1) is 15.0. The van der Waals surface area contributed by atoms with E-state index in [0.717, 1.165) is 22.3 Å². The number of carbonyl (C=O) groups excluding carboxylic acids is 2. The van der Waals surface area contributed by atoms with Crippen molar-refractivity contribution in [2.24, 2.45) is 5.92 Å². The second-order valence-electron chi connectivity index (χ2n) is 7.76. The average molecular weight is 424 g/mol. The zero-order chi connectivity index (χ0) is 22.0. The molecule has 1 aliphatic heterocycles. The van der Waals surface area contributed by atoms with Gasteiger partial charge in [-0.05, 0) is 22.3 Å². The van der Waals surface area contributed by atoms with Crippen LogP contribution in [0.15, 0.2) is 48.5 Å². The SMILES string of the molecule is COC[C@H](NC(=O)OCC1c2ccccc2-c2ccccc21)C(=O)N1CC(C(=O)O)C1. The number of amides is 2. The number of carboxylic acid groups (broad SMARTS) is 1. The van der Waals surface area contributed by atoms with E-state index in [9.17, 15) is 14.4 Å². The van der Waals surface area contributed by atoms with Gasteiger partial charge in [0.25, 0.3) is 0 Å². The molecule has 8 heteroatoms. The third-order valence-corrected chi connectivity index (χ3v) is 5.81. The molecule has 1 atom stereocenters. The summed E-state index contributed by atoms with van der Waals surface area (Å²) < 4.78 is 10.5. The Balaban J connectivity index is 1.38. The molecule has 162 valence electrons. The summed E-state index contributed by atoms with van der Waals surface area (Å²) in [6.45, 7) is 0.358. The van der Waals surface area contributed by atoms with Crippen LogP contribution in [0, 0.1) is 5.92 Å². The molecule has 0 unspecified atom stereocenters. The van der Waals surface area contributed by atoms with Crippen molar-refractivity contribution in [1.82, 2.24) is 10.2 Å². The molecule has 2 aromatic carbocycles. The molecule has 0 aromatic heterocycles. The van der Waals surface area contributed by atoms with Gasteiger partial charge in [-0.15, -0.1) is 0 Å². The highest BCUT2D eigenvalue weighted by Gasteiger charge is 2.39. The first kappa shape index (κ1) is 20.9. The average Bonchev–Trinajstić information content (AvgIpc) is 3.04. The molecular weight excluding hydrogens is 400 g/mol. The van der Waals surface area contributed by atoms with Crippen LogP contribution in [-0.2, 0) is 19.1 Å². The fourth-order valence-electron chi connectivity index (χ4n) is 4.16. The van der Waals surface area contributed by atoms with Crippen LogP contribution < -0.4 is 5.32 Å². The second-order valence-corrected chi connectivity index (χ2v) is 7.76. The highest BCUT2D eigenvalue weighted by Crippen LogP contribution is 2.44. The molecule has 8 nitrogen and oxygen atoms in total. The number of ether oxygens (including phenoxy) is 2. The quantitative estimate of drug-likeness (QED) is 0.705. The molecule has 1 aliphatic carbocycles. The Morgan fingerprint density at radius 3 is 2.19 bits per heavy atom. The number of rotatable bonds is 7. The monoisotopic (exact) mass is 424 g/mol. The van der Waals surface area contributed by atoms with E-state index in [-0.39, 0.29) is 38.1 Å². The van der Waals surface area contributed by atoms with Gasteiger partial charge < -0.3 is 24.8 Å². The Labute approximate surface area is 179 Å². The number of likely N-dealkylation sites (tertiary alicyclic amines) is 1. The second kappa shape index (κ2) is 8.77. The lowest BCUT2D eigenvalue weighted by Gasteiger charge is -2.38. The van der Waals surface area contributed by atoms with Gasteiger partial charge in [-0.25, -0.2) is 4.79 Å². The number of nitrogens with one attached hydrogen (secondary N) is 1. The molecular formula is C23H24N2O6. The van der Waals surface area contributed by atoms with E-state index in [1.54, 1.807) is 0 Å². The third kappa shape index (κ3) is 4.11. The number of hydrogen-bond acceptors (Lipinski definition) is 5. The predicted molar refractivity (Wildman–Crippen MR) is 112 cm³/mol. The summed E-state index contributed by atoms with van der Waals surface area (Å²) in [6.07, 6.45) is -0.715. The lowest BCUT2D eigenvalue weighted by molar-refractivity contribution is -0.154. The topological polar surface area (TPSA) is 105 Å². The fraction of sp³-hybridized carbons (Fsp3) is 0.348. The maximum atomic E-state index is 12.6. The molecule has 0 radical (unpaired) electrons. The van der Waals surface area contributed by atoms with E-state index in [2.05, 4.69) is 17.4 Å². The summed E-state index contributed by atoms with van der Waals surface area (Å²) in [7, 11) is 1.43. The van der Waals surface area contributed by atoms with Crippen molar-refractivity contribution in [2.75, 3.05) is 33.4 Å². The first-order valence-corrected chi connectivity index (χ1v) is 10.1. The van der Waals surface area contributed by atoms with Crippen molar-refractivity contribution in [3.8, 4) is 11.1 Å². The zero-order valence-corrected chi connectivity index (χ0v) is 17.1. The van der Waals surface area contributed by atoms with Gasteiger partial charge in [0, 0.05) is 26.1 Å². The standard InChI is InChI=1S/C23H24N2O6/c1-30-13-20(21(26)25-10-14(11-25)22(27)28)24-23(29)31-12-19-17-8-4-2-6-15(17)16-7-3-5-9-18(16)19/h2-9,14,19-20H,10-13H2,1H3,(H,24,29)(H,27,28)/t20-/m0/s1. The van der Waals surface area contributed by atoms with Crippen molar-refractivity contribution in [3.05, 3.63) is 59.7 Å². The van der Waals surface area contributed by atoms with Gasteiger partial charge in [-0.1, -0.05) is 48.5 Å². The molecule has 0 spiro atoms. The van der Waals surface area contributed by atoms with Crippen molar-refractivity contribution < 1.29 is 29.0 Å². The van der Waals surface area contributed by atoms with E-state index >= 15 is 0 Å². The van der Waals surface area contributed by atoms with E-state index in [4.69, 9.17) is 14.6 Å². The molecule has 2 N–H and O–H groups in total. The van der Waals surface area contributed by atoms with Crippen LogP contribution in [-0.4, -0.2) is 67.4 Å². The largest absolute Gasteiger partial charge is 0.481 e. The Hall–Kier alpha value is -3.39. The summed E-state index contributed by atoms with van der Waals surface area (Å²) in [5.74, 6) is -1.97. The third-order valence-electron chi connectivity index (χ3n) is 5.81. The van der Waals surface area contributed by atoms with Gasteiger partial charge in [0.15, 0.2) is 0 Å². The lowest BCUT2D eigenvalue weighted by atomic mass is 9.98. The molecule has 4 rings (SSSR count). The number of methoxy groups -OCH3 is 1. The number of carbonyl (C=O) groups is 3. The molecule has 31 heavy (non-hydrogen) atoms. The minimum atomic E-state index is -0.935. The Morgan fingerprint density at radius 2 is 1.65 bits per heavy atom. The van der Waals surface area contributed by atoms with Crippen LogP contribution in [0.5, 0.6) is 0 Å². The molecule has 0 bridgehead atoms. The van der Waals surface area contributed by atoms with Crippen molar-refractivity contribution in [2.45, 2.75) is 12.0 Å². The van der Waals surface area contributed by atoms with Crippen LogP contribution >= 0.6 is 0 Å². The van der Waals surface area contributed by atoms with Gasteiger partial charge in [-0.3, -0.25) is 9.59 Å². The number of aliphatic carboxylic acids is 1. The van der Waals surface area contributed by atoms with Crippen LogP contribution in [0.1, 0.15) is 17.0 Å². The normalized spacial score (nSPS) is 16.1. The maximum Gasteiger partial charge on any atom is 0.407 e. The zero-order valence-electron chi connectivity index (χ0n) is 17.1. The fourth-order valence-corrected chi connectivity index (χ4v) is 4.16. The molecule has 1 heterocycles. The lowest BCUT2D eigenvalue weighted by Crippen LogP contribution is -2.59. The van der Waals surface area contributed by atoms with Crippen molar-refractivity contribution in [3.63, 3.8) is 0 Å². The van der Waals surface area contributed by atoms with Crippen molar-refractivity contribution >= 4 is 18.0 Å². The summed E-state index contributed by atoms with van der Waals surface area (Å²) >= 11 is 0. The van der Waals surface area contributed by atoms with Crippen LogP contribution in [0.3, 0.4) is 0 Å². The Bertz CT molecular complexity index is 956. The van der Waals surface area contributed by atoms with Crippen LogP contribution in [0.25, 0.3) is 11.1 Å². The van der Waals surface area contributed by atoms with E-state index in [1.165, 1.54) is 12.0 Å². The summed E-state index contributed by atoms with van der Waals surface area (Å²) in [5, 5.41) is 11.5. The Kier molecular flexibility index (Phi) is 5.90. The number of carboxylic acids is 1. The molecule has 2 amide bonds. The first-order valence-electron chi connectivity index (χ1n) is 10.1. The van der Waals surface area contributed by atoms with E-state index in [0.29, 0.717) is 0 Å². The number of benzene rings is 2. The Morgan fingerprint density at radius 1 is 1.06 bits per heavy atom. The predicted octanol–water partition coefficient (Wildman–Crippen LogP) is 2.08. The van der Waals surface area contributed by atoms with Crippen LogP contribution in [0.4, 0.5) is 4.79 Å². The van der Waals surface area contributed by atoms with Crippen LogP contribution in [0.2, 0.25) is 0 Å². The maximum absolute atomic E-state index is 12.6. The van der Waals surface area contributed by atoms with E-state index in [1.807, 2.05) is 36.4 Å². The van der Waals surface area contributed by atoms with Gasteiger partial charge in [0.1, 0.15) is 12.6 Å². The number of fused-ring (bicyclic) bond motifs is 3. The molecule has 1 fully saturated rings. The minimum absolute atomic E-state index is 0.0305. The molecule has 1 saturated heterocycles. The van der Waals surface area contributed by atoms with Gasteiger partial charge in [0.05, 0.1) is 12.5 Å². The molecule has 2 aliphatic rings. The van der Waals surface area contributed by atoms with E-state index < -0.39 is 24.0 Å². The van der Waals surface area contributed by atoms with Gasteiger partial charge in [-0.2, -0.15) is 0 Å². The minimum Gasteiger partial charge on any atom is -0.481 e. The molecule has 2 aromatic rings. The summed E-state index contributed by atoms with van der Waals surface area (Å²) in [5.41, 5.74) is 4.46. The highest BCUT2D eigenvalue weighted by atomic mass is 16.5. The van der Waals surface area contributed by atoms with Gasteiger partial charge in [0.2, 0.25) is 5.91 Å². The molecule has 0 saturated carbocycles. The van der Waals surface area contributed by atoms with Crippen molar-refractivity contribution in [1.29, 1.82) is 0 Å².